The summed E-state index contributed by atoms with van der Waals surface area (Å²) >= 11 is 25.0. The number of halogens is 4. The molecule has 0 spiro atoms. The van der Waals surface area contributed by atoms with Crippen molar-refractivity contribution in [1.29, 1.82) is 0 Å². The summed E-state index contributed by atoms with van der Waals surface area (Å²) in [6, 6.07) is 0. The van der Waals surface area contributed by atoms with Crippen LogP contribution in [0.4, 0.5) is 0 Å². The summed E-state index contributed by atoms with van der Waals surface area (Å²) in [6.45, 7) is 8.74. The van der Waals surface area contributed by atoms with E-state index in [1.165, 1.54) is 0 Å². The van der Waals surface area contributed by atoms with Crippen LogP contribution in [0.25, 0.3) is 0 Å². The fraction of sp³-hybridized carbons (Fsp3) is 0.667. The maximum atomic E-state index is 13.0. The van der Waals surface area contributed by atoms with Crippen molar-refractivity contribution in [2.24, 2.45) is 11.8 Å². The first-order valence-electron chi connectivity index (χ1n) is 11.4. The van der Waals surface area contributed by atoms with Crippen LogP contribution in [0.5, 0.6) is 0 Å². The molecule has 0 aliphatic carbocycles. The minimum absolute atomic E-state index is 0.103. The first-order valence-corrected chi connectivity index (χ1v) is 12.9. The van der Waals surface area contributed by atoms with Gasteiger partial charge in [0.05, 0.1) is 44.4 Å². The molecule has 8 heteroatoms. The Bertz CT molecular complexity index is 704. The maximum absolute atomic E-state index is 13.0. The number of carbonyl (C=O) groups excluding carboxylic acids is 2. The van der Waals surface area contributed by atoms with E-state index in [4.69, 9.17) is 55.9 Å². The molecule has 1 aromatic rings. The van der Waals surface area contributed by atoms with Crippen molar-refractivity contribution in [1.82, 2.24) is 0 Å². The van der Waals surface area contributed by atoms with Crippen LogP contribution in [-0.4, -0.2) is 25.2 Å². The fourth-order valence-electron chi connectivity index (χ4n) is 3.34. The van der Waals surface area contributed by atoms with Gasteiger partial charge in [-0.3, -0.25) is 0 Å². The van der Waals surface area contributed by atoms with Crippen LogP contribution in [0.1, 0.15) is 99.8 Å². The van der Waals surface area contributed by atoms with Gasteiger partial charge < -0.3 is 9.47 Å². The predicted molar refractivity (Wildman–Crippen MR) is 134 cm³/mol. The molecule has 2 unspecified atom stereocenters. The third-order valence-electron chi connectivity index (χ3n) is 5.66. The smallest absolute Gasteiger partial charge is 0.340 e. The van der Waals surface area contributed by atoms with Crippen LogP contribution in [0.15, 0.2) is 0 Å². The summed E-state index contributed by atoms with van der Waals surface area (Å²) in [5, 5.41) is -0.543. The van der Waals surface area contributed by atoms with Gasteiger partial charge in [0.15, 0.2) is 0 Å². The van der Waals surface area contributed by atoms with Gasteiger partial charge in [-0.1, -0.05) is 113 Å². The Kier molecular flexibility index (Phi) is 14.0. The Morgan fingerprint density at radius 2 is 1.00 bits per heavy atom. The third-order valence-corrected chi connectivity index (χ3v) is 7.46. The second-order valence-electron chi connectivity index (χ2n) is 8.04. The molecule has 0 heterocycles. The Hall–Kier alpha value is -0.680. The number of unbranched alkanes of at least 4 members (excludes halogenated alkanes) is 2. The lowest BCUT2D eigenvalue weighted by molar-refractivity contribution is 0.0382. The van der Waals surface area contributed by atoms with Crippen molar-refractivity contribution in [2.45, 2.75) is 79.1 Å². The maximum Gasteiger partial charge on any atom is 0.340 e. The Balaban J connectivity index is 3.15. The van der Waals surface area contributed by atoms with Gasteiger partial charge in [0.2, 0.25) is 0 Å². The van der Waals surface area contributed by atoms with Gasteiger partial charge in [0.1, 0.15) is 0 Å². The van der Waals surface area contributed by atoms with Crippen LogP contribution < -0.4 is 0 Å². The number of hydrogen-bond donors (Lipinski definition) is 0. The summed E-state index contributed by atoms with van der Waals surface area (Å²) in [5.74, 6) is -1.10. The quantitative estimate of drug-likeness (QED) is 0.137. The Morgan fingerprint density at radius 1 is 0.656 bits per heavy atom. The molecule has 0 aliphatic heterocycles. The van der Waals surface area contributed by atoms with E-state index in [0.29, 0.717) is 0 Å². The molecule has 0 aromatic heterocycles. The molecule has 0 amide bonds. The predicted octanol–water partition coefficient (Wildman–Crippen LogP) is 9.05. The van der Waals surface area contributed by atoms with Crippen molar-refractivity contribution < 1.29 is 19.1 Å². The molecule has 0 saturated carbocycles. The van der Waals surface area contributed by atoms with Gasteiger partial charge >= 0.3 is 11.9 Å². The van der Waals surface area contributed by atoms with Crippen LogP contribution in [0.3, 0.4) is 0 Å². The molecule has 0 aliphatic rings. The average molecular weight is 528 g/mol. The summed E-state index contributed by atoms with van der Waals surface area (Å²) in [4.78, 5) is 25.9. The van der Waals surface area contributed by atoms with Gasteiger partial charge in [-0.25, -0.2) is 9.59 Å². The zero-order chi connectivity index (χ0) is 24.3. The molecule has 4 nitrogen and oxygen atoms in total. The number of carbonyl (C=O) groups is 2. The van der Waals surface area contributed by atoms with E-state index in [2.05, 4.69) is 13.8 Å². The van der Waals surface area contributed by atoms with Crippen LogP contribution in [0, 0.1) is 11.8 Å². The average Bonchev–Trinajstić information content (AvgIpc) is 2.79. The highest BCUT2D eigenvalue weighted by Crippen LogP contribution is 2.42. The molecule has 1 rings (SSSR count). The molecular formula is C24H34Cl4O4. The minimum atomic E-state index is -0.768. The summed E-state index contributed by atoms with van der Waals surface area (Å²) in [6.07, 6.45) is 7.84. The van der Waals surface area contributed by atoms with Crippen molar-refractivity contribution in [3.8, 4) is 0 Å². The topological polar surface area (TPSA) is 52.6 Å². The standard InChI is InChI=1S/C24H34Cl4O4/c1-5-9-11-15(7-3)13-31-23(29)17-18(20(26)22(28)21(27)19(17)25)24(30)32-14-16(8-4)12-10-6-2/h15-16H,5-14H2,1-4H3. The third kappa shape index (κ3) is 8.27. The second kappa shape index (κ2) is 15.3. The van der Waals surface area contributed by atoms with E-state index >= 15 is 0 Å². The zero-order valence-corrected chi connectivity index (χ0v) is 22.4. The Morgan fingerprint density at radius 3 is 1.28 bits per heavy atom. The molecule has 2 atom stereocenters. The van der Waals surface area contributed by atoms with Crippen LogP contribution in [-0.2, 0) is 9.47 Å². The molecule has 0 radical (unpaired) electrons. The summed E-state index contributed by atoms with van der Waals surface area (Å²) in [5.41, 5.74) is -0.411. The zero-order valence-electron chi connectivity index (χ0n) is 19.4. The van der Waals surface area contributed by atoms with Gasteiger partial charge in [-0.2, -0.15) is 0 Å². The molecule has 182 valence electrons. The molecule has 0 fully saturated rings. The highest BCUT2D eigenvalue weighted by atomic mass is 35.5. The van der Waals surface area contributed by atoms with Gasteiger partial charge in [-0.15, -0.1) is 0 Å². The monoisotopic (exact) mass is 526 g/mol. The van der Waals surface area contributed by atoms with E-state index in [0.717, 1.165) is 51.4 Å². The second-order valence-corrected chi connectivity index (χ2v) is 9.55. The molecule has 0 N–H and O–H groups in total. The van der Waals surface area contributed by atoms with Crippen molar-refractivity contribution in [2.75, 3.05) is 13.2 Å². The van der Waals surface area contributed by atoms with Crippen molar-refractivity contribution in [3.05, 3.63) is 31.2 Å². The van der Waals surface area contributed by atoms with E-state index in [9.17, 15) is 9.59 Å². The number of hydrogen-bond acceptors (Lipinski definition) is 4. The molecular weight excluding hydrogens is 494 g/mol. The van der Waals surface area contributed by atoms with Gasteiger partial charge in [0.25, 0.3) is 0 Å². The van der Waals surface area contributed by atoms with Gasteiger partial charge in [0, 0.05) is 0 Å². The lowest BCUT2D eigenvalue weighted by Gasteiger charge is -2.19. The lowest BCUT2D eigenvalue weighted by atomic mass is 10.0. The first kappa shape index (κ1) is 29.4. The largest absolute Gasteiger partial charge is 0.462 e. The summed E-state index contributed by atoms with van der Waals surface area (Å²) < 4.78 is 11.0. The van der Waals surface area contributed by atoms with Gasteiger partial charge in [-0.05, 0) is 24.7 Å². The minimum Gasteiger partial charge on any atom is -0.462 e. The fourth-order valence-corrected chi connectivity index (χ4v) is 4.35. The molecule has 0 bridgehead atoms. The highest BCUT2D eigenvalue weighted by molar-refractivity contribution is 6.54. The SMILES string of the molecule is CCCCC(CC)COC(=O)c1c(Cl)c(Cl)c(Cl)c(Cl)c1C(=O)OCC(CC)CCCC. The van der Waals surface area contributed by atoms with E-state index in [-0.39, 0.29) is 56.3 Å². The van der Waals surface area contributed by atoms with Crippen LogP contribution in [0.2, 0.25) is 20.1 Å². The number of benzene rings is 1. The van der Waals surface area contributed by atoms with E-state index in [1.807, 2.05) is 13.8 Å². The lowest BCUT2D eigenvalue weighted by Crippen LogP contribution is -2.20. The molecule has 1 aromatic carbocycles. The van der Waals surface area contributed by atoms with Crippen LogP contribution >= 0.6 is 46.4 Å². The number of esters is 2. The summed E-state index contributed by atoms with van der Waals surface area (Å²) in [7, 11) is 0. The normalized spacial score (nSPS) is 13.0. The number of ether oxygens (including phenoxy) is 2. The number of rotatable bonds is 14. The van der Waals surface area contributed by atoms with E-state index in [1.54, 1.807) is 0 Å². The van der Waals surface area contributed by atoms with Crippen molar-refractivity contribution >= 4 is 58.3 Å². The molecule has 0 saturated heterocycles. The molecule has 32 heavy (non-hydrogen) atoms. The van der Waals surface area contributed by atoms with E-state index < -0.39 is 11.9 Å². The Labute approximate surface area is 212 Å². The first-order chi connectivity index (χ1) is 15.2. The highest BCUT2D eigenvalue weighted by Gasteiger charge is 2.31. The van der Waals surface area contributed by atoms with Crippen molar-refractivity contribution in [3.63, 3.8) is 0 Å².